The van der Waals surface area contributed by atoms with Crippen LogP contribution in [-0.4, -0.2) is 19.5 Å². The quantitative estimate of drug-likeness (QED) is 0.185. The molecule has 0 fully saturated rings. The smallest absolute Gasteiger partial charge is 0.164 e. The fourth-order valence-corrected chi connectivity index (χ4v) is 8.86. The molecule has 6 aromatic carbocycles. The monoisotopic (exact) mass is 682 g/mol. The Morgan fingerprint density at radius 2 is 1.23 bits per heavy atom. The van der Waals surface area contributed by atoms with E-state index in [0.717, 1.165) is 33.7 Å². The minimum Gasteiger partial charge on any atom is -0.484 e. The molecule has 0 saturated carbocycles. The molecule has 0 spiro atoms. The topological polar surface area (TPSA) is 52.8 Å². The summed E-state index contributed by atoms with van der Waals surface area (Å²) in [5, 5.41) is 1.22. The molecule has 2 atom stereocenters. The summed E-state index contributed by atoms with van der Waals surface area (Å²) in [6, 6.07) is 51.2. The lowest BCUT2D eigenvalue weighted by Gasteiger charge is -2.22. The number of ether oxygens (including phenoxy) is 1. The van der Waals surface area contributed by atoms with Crippen molar-refractivity contribution >= 4 is 17.0 Å². The molecule has 2 aromatic heterocycles. The van der Waals surface area contributed by atoms with Crippen LogP contribution in [0.3, 0.4) is 0 Å². The van der Waals surface area contributed by atoms with E-state index < -0.39 is 0 Å². The van der Waals surface area contributed by atoms with Crippen LogP contribution < -0.4 is 4.74 Å². The second kappa shape index (κ2) is 11.2. The lowest BCUT2D eigenvalue weighted by Crippen LogP contribution is -2.15. The van der Waals surface area contributed by atoms with E-state index in [9.17, 15) is 0 Å². The van der Waals surface area contributed by atoms with E-state index in [1.54, 1.807) is 0 Å². The second-order valence-corrected chi connectivity index (χ2v) is 14.8. The van der Waals surface area contributed by atoms with Crippen molar-refractivity contribution in [2.75, 3.05) is 0 Å². The first kappa shape index (κ1) is 30.1. The number of hydrogen-bond donors (Lipinski definition) is 0. The summed E-state index contributed by atoms with van der Waals surface area (Å²) in [4.78, 5) is 15.4. The number of hydrogen-bond acceptors (Lipinski definition) is 4. The van der Waals surface area contributed by atoms with Crippen LogP contribution in [0.5, 0.6) is 5.75 Å². The summed E-state index contributed by atoms with van der Waals surface area (Å²) >= 11 is 0. The molecule has 0 bridgehead atoms. The summed E-state index contributed by atoms with van der Waals surface area (Å²) in [6.45, 7) is 4.61. The minimum atomic E-state index is -0.136. The van der Waals surface area contributed by atoms with E-state index in [1.165, 1.54) is 44.4 Å². The molecule has 252 valence electrons. The van der Waals surface area contributed by atoms with Crippen LogP contribution in [0.2, 0.25) is 0 Å². The highest BCUT2D eigenvalue weighted by Crippen LogP contribution is 2.54. The molecule has 8 aromatic rings. The van der Waals surface area contributed by atoms with Gasteiger partial charge in [-0.25, -0.2) is 15.0 Å². The highest BCUT2D eigenvalue weighted by atomic mass is 16.5. The maximum atomic E-state index is 6.84. The number of para-hydroxylation sites is 2. The molecule has 53 heavy (non-hydrogen) atoms. The van der Waals surface area contributed by atoms with Gasteiger partial charge in [0.2, 0.25) is 0 Å². The molecule has 1 aliphatic heterocycles. The summed E-state index contributed by atoms with van der Waals surface area (Å²) in [7, 11) is 0. The van der Waals surface area contributed by atoms with E-state index in [0.29, 0.717) is 17.5 Å². The number of rotatable bonds is 4. The molecule has 3 heterocycles. The Hall–Kier alpha value is -6.59. The zero-order valence-electron chi connectivity index (χ0n) is 29.4. The van der Waals surface area contributed by atoms with Crippen molar-refractivity contribution in [3.05, 3.63) is 180 Å². The lowest BCUT2D eigenvalue weighted by atomic mass is 9.82. The van der Waals surface area contributed by atoms with Gasteiger partial charge in [-0.15, -0.1) is 0 Å². The Balaban J connectivity index is 1.02. The summed E-state index contributed by atoms with van der Waals surface area (Å²) in [6.07, 6.45) is 4.44. The van der Waals surface area contributed by atoms with Crippen LogP contribution >= 0.6 is 0 Å². The molecular formula is C48H34N4O. The van der Waals surface area contributed by atoms with Gasteiger partial charge in [-0.2, -0.15) is 0 Å². The third kappa shape index (κ3) is 4.47. The summed E-state index contributed by atoms with van der Waals surface area (Å²) in [5.74, 6) is 2.91. The standard InChI is InChI=1S/C48H34N4O/c1-48(2)38-19-11-9-17-33(38)34-23-21-31(28-39(34)48)47-50-45(29-13-5-3-6-14-29)49-46(51-47)30-22-26-42-37(27-30)35-24-25-41-43(44(35)53-42)36-18-10-12-20-40(36)52(41)32-15-7-4-8-16-32/h3-28,35,44H,1-2H3. The van der Waals surface area contributed by atoms with Gasteiger partial charge in [-0.05, 0) is 70.8 Å². The van der Waals surface area contributed by atoms with E-state index in [1.807, 2.05) is 18.2 Å². The third-order valence-electron chi connectivity index (χ3n) is 11.4. The molecular weight excluding hydrogens is 649 g/mol. The predicted molar refractivity (Wildman–Crippen MR) is 212 cm³/mol. The van der Waals surface area contributed by atoms with Gasteiger partial charge in [0.1, 0.15) is 11.9 Å². The molecule has 3 aliphatic rings. The molecule has 11 rings (SSSR count). The minimum absolute atomic E-state index is 0.0583. The van der Waals surface area contributed by atoms with Crippen molar-refractivity contribution in [2.24, 2.45) is 0 Å². The van der Waals surface area contributed by atoms with Crippen LogP contribution in [0.1, 0.15) is 53.8 Å². The van der Waals surface area contributed by atoms with Crippen molar-refractivity contribution in [1.82, 2.24) is 19.5 Å². The molecule has 2 unspecified atom stereocenters. The highest BCUT2D eigenvalue weighted by Gasteiger charge is 2.40. The predicted octanol–water partition coefficient (Wildman–Crippen LogP) is 11.4. The van der Waals surface area contributed by atoms with Gasteiger partial charge in [0, 0.05) is 50.2 Å². The first-order valence-corrected chi connectivity index (χ1v) is 18.3. The van der Waals surface area contributed by atoms with Gasteiger partial charge in [-0.3, -0.25) is 0 Å². The molecule has 0 radical (unpaired) electrons. The van der Waals surface area contributed by atoms with Crippen LogP contribution in [0.25, 0.3) is 68.0 Å². The van der Waals surface area contributed by atoms with Crippen molar-refractivity contribution in [1.29, 1.82) is 0 Å². The van der Waals surface area contributed by atoms with Gasteiger partial charge in [0.05, 0.1) is 11.2 Å². The average molecular weight is 683 g/mol. The van der Waals surface area contributed by atoms with E-state index in [2.05, 4.69) is 158 Å². The Kier molecular flexibility index (Phi) is 6.36. The molecule has 5 heteroatoms. The summed E-state index contributed by atoms with van der Waals surface area (Å²) in [5.41, 5.74) is 13.8. The maximum absolute atomic E-state index is 6.84. The van der Waals surface area contributed by atoms with E-state index in [-0.39, 0.29) is 17.4 Å². The Morgan fingerprint density at radius 1 is 0.585 bits per heavy atom. The zero-order chi connectivity index (χ0) is 35.3. The van der Waals surface area contributed by atoms with E-state index in [4.69, 9.17) is 19.7 Å². The van der Waals surface area contributed by atoms with Crippen molar-refractivity contribution < 1.29 is 4.74 Å². The normalized spacial score (nSPS) is 17.1. The van der Waals surface area contributed by atoms with Crippen LogP contribution in [0.4, 0.5) is 0 Å². The number of benzene rings is 6. The van der Waals surface area contributed by atoms with Gasteiger partial charge < -0.3 is 9.30 Å². The van der Waals surface area contributed by atoms with Crippen molar-refractivity contribution in [3.8, 4) is 56.7 Å². The Labute approximate surface area is 307 Å². The SMILES string of the molecule is CC1(C)c2ccccc2-c2ccc(-c3nc(-c4ccccc4)nc(-c4ccc5c(c4)C4C=Cc6c(c7ccccc7n6-c6ccccc6)C4O5)n3)cc21. The molecule has 0 amide bonds. The molecule has 2 aliphatic carbocycles. The highest BCUT2D eigenvalue weighted by molar-refractivity contribution is 5.92. The fraction of sp³-hybridized carbons (Fsp3) is 0.104. The molecule has 5 nitrogen and oxygen atoms in total. The number of fused-ring (bicyclic) bond motifs is 10. The Morgan fingerprint density at radius 3 is 2.04 bits per heavy atom. The van der Waals surface area contributed by atoms with Crippen molar-refractivity contribution in [3.63, 3.8) is 0 Å². The first-order valence-electron chi connectivity index (χ1n) is 18.3. The first-order chi connectivity index (χ1) is 26.0. The van der Waals surface area contributed by atoms with Gasteiger partial charge in [0.25, 0.3) is 0 Å². The number of aromatic nitrogens is 4. The second-order valence-electron chi connectivity index (χ2n) is 14.8. The summed E-state index contributed by atoms with van der Waals surface area (Å²) < 4.78 is 9.20. The maximum Gasteiger partial charge on any atom is 0.164 e. The third-order valence-corrected chi connectivity index (χ3v) is 11.4. The van der Waals surface area contributed by atoms with E-state index >= 15 is 0 Å². The van der Waals surface area contributed by atoms with Crippen LogP contribution in [0.15, 0.2) is 152 Å². The molecule has 0 saturated heterocycles. The average Bonchev–Trinajstić information content (AvgIpc) is 3.83. The Bertz CT molecular complexity index is 2800. The molecule has 0 N–H and O–H groups in total. The lowest BCUT2D eigenvalue weighted by molar-refractivity contribution is 0.224. The number of nitrogens with zero attached hydrogens (tertiary/aromatic N) is 4. The zero-order valence-corrected chi connectivity index (χ0v) is 29.4. The van der Waals surface area contributed by atoms with Gasteiger partial charge >= 0.3 is 0 Å². The fourth-order valence-electron chi connectivity index (χ4n) is 8.86. The van der Waals surface area contributed by atoms with Gasteiger partial charge in [0.15, 0.2) is 17.5 Å². The largest absolute Gasteiger partial charge is 0.484 e. The van der Waals surface area contributed by atoms with Crippen LogP contribution in [-0.2, 0) is 5.41 Å². The van der Waals surface area contributed by atoms with Gasteiger partial charge in [-0.1, -0.05) is 123 Å². The van der Waals surface area contributed by atoms with Crippen molar-refractivity contribution in [2.45, 2.75) is 31.3 Å². The van der Waals surface area contributed by atoms with Crippen LogP contribution in [0, 0.1) is 0 Å².